The summed E-state index contributed by atoms with van der Waals surface area (Å²) in [5, 5.41) is 4.01. The largest absolute Gasteiger partial charge is 0.459 e. The summed E-state index contributed by atoms with van der Waals surface area (Å²) in [6, 6.07) is 7.76. The van der Waals surface area contributed by atoms with Crippen LogP contribution in [0.3, 0.4) is 0 Å². The van der Waals surface area contributed by atoms with Gasteiger partial charge in [0.1, 0.15) is 11.3 Å². The number of hydrogen-bond donors (Lipinski definition) is 1. The first-order valence-corrected chi connectivity index (χ1v) is 6.42. The van der Waals surface area contributed by atoms with Crippen LogP contribution in [0.5, 0.6) is 0 Å². The molecule has 0 bridgehead atoms. The predicted octanol–water partition coefficient (Wildman–Crippen LogP) is 2.31. The van der Waals surface area contributed by atoms with Crippen LogP contribution in [0.1, 0.15) is 18.2 Å². The molecule has 0 spiro atoms. The lowest BCUT2D eigenvalue weighted by molar-refractivity contribution is -0.125. The number of para-hydroxylation sites is 1. The predicted molar refractivity (Wildman–Crippen MR) is 75.9 cm³/mol. The summed E-state index contributed by atoms with van der Waals surface area (Å²) in [6.07, 6.45) is 0. The summed E-state index contributed by atoms with van der Waals surface area (Å²) in [5.41, 5.74) is 1.96. The molecule has 19 heavy (non-hydrogen) atoms. The van der Waals surface area contributed by atoms with Crippen molar-refractivity contribution in [2.24, 2.45) is 0 Å². The molecular weight excluding hydrogens is 240 g/mol. The van der Waals surface area contributed by atoms with Crippen LogP contribution >= 0.6 is 0 Å². The summed E-state index contributed by atoms with van der Waals surface area (Å²) >= 11 is 0. The zero-order valence-electron chi connectivity index (χ0n) is 11.9. The summed E-state index contributed by atoms with van der Waals surface area (Å²) in [5.74, 6) is 0.824. The third kappa shape index (κ3) is 2.79. The van der Waals surface area contributed by atoms with Crippen LogP contribution in [-0.4, -0.2) is 30.9 Å². The first-order chi connectivity index (χ1) is 9.00. The fraction of sp³-hybridized carbons (Fsp3) is 0.400. The van der Waals surface area contributed by atoms with E-state index in [1.165, 1.54) is 0 Å². The molecule has 0 radical (unpaired) electrons. The van der Waals surface area contributed by atoms with Crippen LogP contribution < -0.4 is 5.32 Å². The van der Waals surface area contributed by atoms with Crippen molar-refractivity contribution in [2.45, 2.75) is 26.4 Å². The molecule has 1 aromatic heterocycles. The summed E-state index contributed by atoms with van der Waals surface area (Å²) in [7, 11) is 3.77. The minimum Gasteiger partial charge on any atom is -0.459 e. The van der Waals surface area contributed by atoms with Crippen LogP contribution in [0, 0.1) is 6.92 Å². The van der Waals surface area contributed by atoms with Gasteiger partial charge in [0.2, 0.25) is 5.91 Å². The lowest BCUT2D eigenvalue weighted by atomic mass is 10.1. The molecule has 102 valence electrons. The Morgan fingerprint density at radius 1 is 1.37 bits per heavy atom. The standard InChI is InChI=1S/C15H20N2O2/c1-10-12-7-5-6-8-13(12)19-14(10)9-16-15(18)11(2)17(3)4/h5-8,11H,9H2,1-4H3,(H,16,18). The van der Waals surface area contributed by atoms with Crippen LogP contribution in [-0.2, 0) is 11.3 Å². The fourth-order valence-electron chi connectivity index (χ4n) is 1.94. The van der Waals surface area contributed by atoms with Crippen LogP contribution in [0.25, 0.3) is 11.0 Å². The van der Waals surface area contributed by atoms with E-state index in [1.807, 2.05) is 57.1 Å². The molecule has 0 fully saturated rings. The summed E-state index contributed by atoms with van der Waals surface area (Å²) in [4.78, 5) is 13.8. The van der Waals surface area contributed by atoms with Crippen LogP contribution in [0.4, 0.5) is 0 Å². The van der Waals surface area contributed by atoms with E-state index in [0.717, 1.165) is 22.3 Å². The monoisotopic (exact) mass is 260 g/mol. The molecule has 2 aromatic rings. The minimum atomic E-state index is -0.148. The van der Waals surface area contributed by atoms with E-state index in [9.17, 15) is 4.79 Å². The Morgan fingerprint density at radius 2 is 2.05 bits per heavy atom. The molecule has 0 aliphatic carbocycles. The number of fused-ring (bicyclic) bond motifs is 1. The van der Waals surface area contributed by atoms with E-state index in [1.54, 1.807) is 0 Å². The minimum absolute atomic E-state index is 0.00450. The van der Waals surface area contributed by atoms with Gasteiger partial charge < -0.3 is 9.73 Å². The Morgan fingerprint density at radius 3 is 2.68 bits per heavy atom. The number of rotatable bonds is 4. The average Bonchev–Trinajstić information content (AvgIpc) is 2.72. The number of amides is 1. The molecule has 0 aliphatic heterocycles. The number of furan rings is 1. The number of benzene rings is 1. The van der Waals surface area contributed by atoms with Crippen molar-refractivity contribution in [1.82, 2.24) is 10.2 Å². The average molecular weight is 260 g/mol. The van der Waals surface area contributed by atoms with E-state index >= 15 is 0 Å². The molecular formula is C15H20N2O2. The fourth-order valence-corrected chi connectivity index (χ4v) is 1.94. The number of nitrogens with one attached hydrogen (secondary N) is 1. The Balaban J connectivity index is 2.10. The maximum atomic E-state index is 11.9. The third-order valence-electron chi connectivity index (χ3n) is 3.52. The van der Waals surface area contributed by atoms with Crippen molar-refractivity contribution >= 4 is 16.9 Å². The van der Waals surface area contributed by atoms with Gasteiger partial charge in [-0.2, -0.15) is 0 Å². The number of aryl methyl sites for hydroxylation is 1. The van der Waals surface area contributed by atoms with Crippen molar-refractivity contribution in [3.05, 3.63) is 35.6 Å². The molecule has 4 nitrogen and oxygen atoms in total. The van der Waals surface area contributed by atoms with E-state index in [2.05, 4.69) is 5.32 Å². The molecule has 2 rings (SSSR count). The molecule has 1 heterocycles. The van der Waals surface area contributed by atoms with Gasteiger partial charge >= 0.3 is 0 Å². The highest BCUT2D eigenvalue weighted by molar-refractivity contribution is 5.83. The van der Waals surface area contributed by atoms with Gasteiger partial charge in [-0.25, -0.2) is 0 Å². The Bertz CT molecular complexity index is 587. The van der Waals surface area contributed by atoms with Crippen LogP contribution in [0.15, 0.2) is 28.7 Å². The number of carbonyl (C=O) groups is 1. The van der Waals surface area contributed by atoms with Crippen molar-refractivity contribution in [1.29, 1.82) is 0 Å². The van der Waals surface area contributed by atoms with Gasteiger partial charge in [-0.15, -0.1) is 0 Å². The maximum Gasteiger partial charge on any atom is 0.237 e. The van der Waals surface area contributed by atoms with Gasteiger partial charge in [0.05, 0.1) is 12.6 Å². The van der Waals surface area contributed by atoms with Gasteiger partial charge in [-0.1, -0.05) is 18.2 Å². The van der Waals surface area contributed by atoms with Gasteiger partial charge in [-0.05, 0) is 34.0 Å². The Hall–Kier alpha value is -1.81. The Labute approximate surface area is 113 Å². The number of likely N-dealkylation sites (N-methyl/N-ethyl adjacent to an activating group) is 1. The Kier molecular flexibility index (Phi) is 3.90. The highest BCUT2D eigenvalue weighted by Gasteiger charge is 2.16. The quantitative estimate of drug-likeness (QED) is 0.917. The molecule has 0 saturated carbocycles. The molecule has 1 amide bonds. The number of carbonyl (C=O) groups excluding carboxylic acids is 1. The number of hydrogen-bond acceptors (Lipinski definition) is 3. The lowest BCUT2D eigenvalue weighted by Crippen LogP contribution is -2.41. The van der Waals surface area contributed by atoms with Crippen LogP contribution in [0.2, 0.25) is 0 Å². The molecule has 1 atom stereocenters. The third-order valence-corrected chi connectivity index (χ3v) is 3.52. The summed E-state index contributed by atoms with van der Waals surface area (Å²) < 4.78 is 5.76. The highest BCUT2D eigenvalue weighted by atomic mass is 16.3. The van der Waals surface area contributed by atoms with E-state index in [4.69, 9.17) is 4.42 Å². The second-order valence-corrected chi connectivity index (χ2v) is 5.00. The SMILES string of the molecule is Cc1c(CNC(=O)C(C)N(C)C)oc2ccccc12. The van der Waals surface area contributed by atoms with Crippen molar-refractivity contribution in [2.75, 3.05) is 14.1 Å². The molecule has 0 aliphatic rings. The second kappa shape index (κ2) is 5.45. The highest BCUT2D eigenvalue weighted by Crippen LogP contribution is 2.24. The normalized spacial score (nSPS) is 12.9. The van der Waals surface area contributed by atoms with E-state index in [-0.39, 0.29) is 11.9 Å². The second-order valence-electron chi connectivity index (χ2n) is 5.00. The van der Waals surface area contributed by atoms with Gasteiger partial charge in [0, 0.05) is 10.9 Å². The smallest absolute Gasteiger partial charge is 0.237 e. The van der Waals surface area contributed by atoms with Crippen molar-refractivity contribution in [3.8, 4) is 0 Å². The zero-order chi connectivity index (χ0) is 14.0. The lowest BCUT2D eigenvalue weighted by Gasteiger charge is -2.18. The topological polar surface area (TPSA) is 45.5 Å². The van der Waals surface area contributed by atoms with Gasteiger partial charge in [0.25, 0.3) is 0 Å². The molecule has 1 aromatic carbocycles. The zero-order valence-corrected chi connectivity index (χ0v) is 11.9. The first-order valence-electron chi connectivity index (χ1n) is 6.42. The molecule has 0 saturated heterocycles. The first kappa shape index (κ1) is 13.6. The summed E-state index contributed by atoms with van der Waals surface area (Å²) in [6.45, 7) is 4.32. The van der Waals surface area contributed by atoms with Gasteiger partial charge in [0.15, 0.2) is 0 Å². The van der Waals surface area contributed by atoms with Crippen molar-refractivity contribution in [3.63, 3.8) is 0 Å². The number of nitrogens with zero attached hydrogens (tertiary/aromatic N) is 1. The van der Waals surface area contributed by atoms with Crippen molar-refractivity contribution < 1.29 is 9.21 Å². The van der Waals surface area contributed by atoms with Gasteiger partial charge in [-0.3, -0.25) is 9.69 Å². The maximum absolute atomic E-state index is 11.9. The molecule has 1 unspecified atom stereocenters. The molecule has 4 heteroatoms. The van der Waals surface area contributed by atoms with E-state index in [0.29, 0.717) is 6.54 Å². The molecule has 1 N–H and O–H groups in total. The van der Waals surface area contributed by atoms with E-state index < -0.39 is 0 Å².